The van der Waals surface area contributed by atoms with Gasteiger partial charge in [-0.25, -0.2) is 8.42 Å². The number of aliphatic hydroxyl groups excluding tert-OH is 9. The van der Waals surface area contributed by atoms with E-state index >= 15 is 0 Å². The van der Waals surface area contributed by atoms with E-state index in [1.54, 1.807) is 0 Å². The molecule has 20 atom stereocenters. The van der Waals surface area contributed by atoms with Gasteiger partial charge in [0.2, 0.25) is 34.0 Å². The Hall–Kier alpha value is -2.89. The molecule has 4 aliphatic rings. The maximum absolute atomic E-state index is 12.5. The zero-order valence-electron chi connectivity index (χ0n) is 33.6. The van der Waals surface area contributed by atoms with Crippen molar-refractivity contribution in [3.8, 4) is 0 Å². The minimum atomic E-state index is -5.39. The van der Waals surface area contributed by atoms with E-state index in [4.69, 9.17) is 33.2 Å². The van der Waals surface area contributed by atoms with Gasteiger partial charge in [0, 0.05) is 27.2 Å². The Morgan fingerprint density at radius 2 is 0.919 bits per heavy atom. The van der Waals surface area contributed by atoms with Crippen molar-refractivity contribution in [2.24, 2.45) is 0 Å². The van der Waals surface area contributed by atoms with Crippen LogP contribution in [0, 0.1) is 0 Å². The van der Waals surface area contributed by atoms with Crippen LogP contribution in [0.3, 0.4) is 0 Å². The largest absolute Gasteiger partial charge is 0.726 e. The second-order valence-corrected chi connectivity index (χ2v) is 15.9. The molecule has 0 bridgehead atoms. The van der Waals surface area contributed by atoms with Crippen molar-refractivity contribution in [1.29, 1.82) is 0 Å². The average molecular weight is 924 g/mol. The summed E-state index contributed by atoms with van der Waals surface area (Å²) in [5.41, 5.74) is 0. The smallest absolute Gasteiger partial charge is 0.220 e. The summed E-state index contributed by atoms with van der Waals surface area (Å²) in [5.74, 6) is -3.03. The summed E-state index contributed by atoms with van der Waals surface area (Å²) in [6.07, 6.45) is -29.0. The third-order valence-corrected chi connectivity index (χ3v) is 10.7. The van der Waals surface area contributed by atoms with Crippen molar-refractivity contribution >= 4 is 34.0 Å². The fourth-order valence-electron chi connectivity index (χ4n) is 7.36. The van der Waals surface area contributed by atoms with Crippen LogP contribution in [0.4, 0.5) is 0 Å². The molecule has 29 heteroatoms. The van der Waals surface area contributed by atoms with E-state index in [-0.39, 0.29) is 6.42 Å². The number of carbonyl (C=O) groups excluding carboxylic acids is 4. The molecule has 4 fully saturated rings. The first-order chi connectivity index (χ1) is 29.0. The van der Waals surface area contributed by atoms with Crippen LogP contribution in [0.15, 0.2) is 0 Å². The van der Waals surface area contributed by atoms with Gasteiger partial charge in [0.1, 0.15) is 97.4 Å². The van der Waals surface area contributed by atoms with E-state index < -0.39 is 183 Å². The fraction of sp³-hybridized carbons (Fsp3) is 0.879. The third-order valence-electron chi connectivity index (χ3n) is 10.3. The number of carbonyl (C=O) groups is 4. The lowest BCUT2D eigenvalue weighted by Crippen LogP contribution is -2.71. The zero-order valence-corrected chi connectivity index (χ0v) is 34.5. The Balaban J connectivity index is 1.64. The van der Waals surface area contributed by atoms with Crippen LogP contribution in [-0.4, -0.2) is 232 Å². The molecule has 62 heavy (non-hydrogen) atoms. The second kappa shape index (κ2) is 22.3. The SMILES string of the molecule is CCC(=O)N[C@H]1[C@H](O[C@H]2C(O)[C@@H](NC(C)=O)[C@H](O[C@H]3[C@H](O)[C@@H](NC(C)=O)[C@H](O[C@H]4C(O)[C@@H](NC(C)=O)[C@H](O)O[C@@H]4COS(=O)(=O)[O-])O[C@@H]3CO)O[C@@H]2CO)O[C@H](CO)[C@@H](O)[C@@H]1O. The van der Waals surface area contributed by atoms with E-state index in [9.17, 15) is 78.1 Å². The van der Waals surface area contributed by atoms with Gasteiger partial charge in [0.15, 0.2) is 25.2 Å². The Morgan fingerprint density at radius 1 is 0.548 bits per heavy atom. The van der Waals surface area contributed by atoms with Crippen molar-refractivity contribution in [3.05, 3.63) is 0 Å². The highest BCUT2D eigenvalue weighted by Crippen LogP contribution is 2.34. The van der Waals surface area contributed by atoms with Gasteiger partial charge in [0.05, 0.1) is 26.4 Å². The van der Waals surface area contributed by atoms with Gasteiger partial charge in [-0.3, -0.25) is 23.4 Å². The van der Waals surface area contributed by atoms with Crippen LogP contribution in [0.1, 0.15) is 34.1 Å². The lowest BCUT2D eigenvalue weighted by Gasteiger charge is -2.51. The van der Waals surface area contributed by atoms with Gasteiger partial charge in [-0.2, -0.15) is 0 Å². The van der Waals surface area contributed by atoms with E-state index in [1.165, 1.54) is 6.92 Å². The quantitative estimate of drug-likeness (QED) is 0.0476. The van der Waals surface area contributed by atoms with Gasteiger partial charge >= 0.3 is 0 Å². The van der Waals surface area contributed by atoms with Crippen LogP contribution < -0.4 is 21.3 Å². The molecule has 4 aliphatic heterocycles. The summed E-state index contributed by atoms with van der Waals surface area (Å²) in [6, 6.07) is -6.59. The molecule has 0 aromatic heterocycles. The summed E-state index contributed by atoms with van der Waals surface area (Å²) in [7, 11) is -5.39. The molecule has 4 heterocycles. The van der Waals surface area contributed by atoms with E-state index in [2.05, 4.69) is 25.5 Å². The van der Waals surface area contributed by atoms with E-state index in [0.29, 0.717) is 0 Å². The number of ether oxygens (including phenoxy) is 7. The van der Waals surface area contributed by atoms with Crippen LogP contribution in [0.25, 0.3) is 0 Å². The maximum Gasteiger partial charge on any atom is 0.220 e. The molecule has 4 rings (SSSR count). The van der Waals surface area contributed by atoms with Gasteiger partial charge in [0.25, 0.3) is 0 Å². The van der Waals surface area contributed by atoms with Gasteiger partial charge in [-0.05, 0) is 0 Å². The maximum atomic E-state index is 12.5. The number of hydrogen-bond donors (Lipinski definition) is 13. The second-order valence-electron chi connectivity index (χ2n) is 14.8. The first-order valence-electron chi connectivity index (χ1n) is 19.3. The van der Waals surface area contributed by atoms with E-state index in [1.807, 2.05) is 0 Å². The first kappa shape index (κ1) is 51.7. The highest BCUT2D eigenvalue weighted by Gasteiger charge is 2.56. The van der Waals surface area contributed by atoms with Crippen molar-refractivity contribution in [2.45, 2.75) is 157 Å². The normalized spacial score (nSPS) is 41.5. The number of hydrogen-bond acceptors (Lipinski definition) is 24. The van der Waals surface area contributed by atoms with Gasteiger partial charge in [-0.15, -0.1) is 0 Å². The monoisotopic (exact) mass is 923 g/mol. The summed E-state index contributed by atoms with van der Waals surface area (Å²) >= 11 is 0. The minimum Gasteiger partial charge on any atom is -0.726 e. The molecule has 0 aromatic rings. The van der Waals surface area contributed by atoms with E-state index in [0.717, 1.165) is 20.8 Å². The van der Waals surface area contributed by atoms with Crippen molar-refractivity contribution in [1.82, 2.24) is 21.3 Å². The highest BCUT2D eigenvalue weighted by atomic mass is 32.3. The Morgan fingerprint density at radius 3 is 1.31 bits per heavy atom. The molecule has 13 N–H and O–H groups in total. The molecule has 2 unspecified atom stereocenters. The van der Waals surface area contributed by atoms with Crippen molar-refractivity contribution < 1.29 is 115 Å². The molecule has 0 aromatic carbocycles. The predicted molar refractivity (Wildman–Crippen MR) is 193 cm³/mol. The third kappa shape index (κ3) is 12.7. The first-order valence-corrected chi connectivity index (χ1v) is 20.6. The topological polar surface area (TPSA) is 430 Å². The lowest BCUT2D eigenvalue weighted by molar-refractivity contribution is -0.361. The Labute approximate surface area is 353 Å². The Kier molecular flexibility index (Phi) is 18.6. The summed E-state index contributed by atoms with van der Waals surface area (Å²) in [6.45, 7) is 0.575. The standard InChI is InChI=1S/C33H56N4O24S/c1-5-17(44)37-19-23(46)22(45)13(6-38)56-31(19)59-27-14(7-39)57-32(20(25(27)48)35-11(3)42)60-28-15(8-40)58-33(21(26(28)49)36-12(4)43)61-29-16(9-54-62(51,52)53)55-30(50)18(24(29)47)34-10(2)41/h13-16,18-33,38-40,45-50H,5-9H2,1-4H3,(H,34,41)(H,35,42)(H,36,43)(H,37,44)(H,51,52,53)/p-1/t13-,14-,15-,16-,18-,19-,20-,21-,22-,23-,24?,25?,26-,27-,28-,29-,30-,31+,32+,33+/m1/s1. The molecule has 28 nitrogen and oxygen atoms in total. The molecule has 4 amide bonds. The zero-order chi connectivity index (χ0) is 46.4. The van der Waals surface area contributed by atoms with Crippen LogP contribution in [0.5, 0.6) is 0 Å². The summed E-state index contributed by atoms with van der Waals surface area (Å²) in [4.78, 5) is 49.1. The van der Waals surface area contributed by atoms with Crippen molar-refractivity contribution in [3.63, 3.8) is 0 Å². The molecule has 0 saturated carbocycles. The molecule has 0 aliphatic carbocycles. The van der Waals surface area contributed by atoms with Crippen LogP contribution in [0.2, 0.25) is 0 Å². The molecule has 0 radical (unpaired) electrons. The molecule has 4 saturated heterocycles. The molecule has 358 valence electrons. The lowest BCUT2D eigenvalue weighted by atomic mass is 9.93. The number of rotatable bonds is 17. The highest BCUT2D eigenvalue weighted by molar-refractivity contribution is 7.80. The van der Waals surface area contributed by atoms with Gasteiger partial charge < -0.3 is 105 Å². The minimum absolute atomic E-state index is 0.0840. The number of aliphatic hydroxyl groups is 9. The number of nitrogens with one attached hydrogen (secondary N) is 4. The summed E-state index contributed by atoms with van der Waals surface area (Å²) < 4.78 is 78.6. The average Bonchev–Trinajstić information content (AvgIpc) is 3.19. The van der Waals surface area contributed by atoms with Gasteiger partial charge in [-0.1, -0.05) is 6.92 Å². The Bertz CT molecular complexity index is 1630. The number of amides is 4. The molecule has 0 spiro atoms. The van der Waals surface area contributed by atoms with Crippen LogP contribution in [-0.2, 0) is 66.9 Å². The fourth-order valence-corrected chi connectivity index (χ4v) is 7.66. The van der Waals surface area contributed by atoms with Crippen molar-refractivity contribution in [2.75, 3.05) is 26.4 Å². The van der Waals surface area contributed by atoms with Crippen LogP contribution >= 0.6 is 0 Å². The summed E-state index contributed by atoms with van der Waals surface area (Å²) in [5, 5.41) is 106. The predicted octanol–water partition coefficient (Wildman–Crippen LogP) is -9.30. The molecular formula is C33H55N4O24S-. The molecular weight excluding hydrogens is 868 g/mol.